The number of hydroxylamine groups is 2. The Morgan fingerprint density at radius 1 is 0.955 bits per heavy atom. The number of rotatable bonds is 5. The van der Waals surface area contributed by atoms with Crippen LogP contribution in [0.15, 0.2) is 0 Å². The maximum atomic E-state index is 10.4. The molecule has 0 aromatic rings. The first kappa shape index (κ1) is 18.2. The van der Waals surface area contributed by atoms with Crippen LogP contribution in [-0.4, -0.2) is 34.1 Å². The molecule has 3 heteroatoms. The van der Waals surface area contributed by atoms with Gasteiger partial charge in [-0.3, -0.25) is 0 Å². The molecule has 1 saturated heterocycles. The molecule has 1 saturated carbocycles. The highest BCUT2D eigenvalue weighted by Crippen LogP contribution is 2.39. The molecule has 0 spiro atoms. The molecule has 0 radical (unpaired) electrons. The zero-order valence-electron chi connectivity index (χ0n) is 15.4. The Balaban J connectivity index is 1.78. The Bertz CT molecular complexity index is 327. The number of ether oxygens (including phenoxy) is 1. The van der Waals surface area contributed by atoms with Crippen LogP contribution >= 0.6 is 0 Å². The van der Waals surface area contributed by atoms with E-state index in [9.17, 15) is 5.21 Å². The Morgan fingerprint density at radius 3 is 1.95 bits per heavy atom. The zero-order chi connectivity index (χ0) is 16.4. The minimum absolute atomic E-state index is 0.203. The van der Waals surface area contributed by atoms with Crippen molar-refractivity contribution in [2.75, 3.05) is 6.61 Å². The van der Waals surface area contributed by atoms with Crippen molar-refractivity contribution < 1.29 is 9.94 Å². The molecule has 1 aliphatic heterocycles. The molecule has 2 fully saturated rings. The standard InChI is InChI=1S/C19H37NO2/c1-6-7-15-8-10-16(11-9-15)14-22-17-12-18(2,3)20(21)19(4,5)13-17/h15-17,21H,6-14H2,1-5H3. The first-order valence-corrected chi connectivity index (χ1v) is 9.35. The molecule has 2 aliphatic rings. The Hall–Kier alpha value is -0.120. The van der Waals surface area contributed by atoms with Gasteiger partial charge < -0.3 is 9.94 Å². The second-order valence-corrected chi connectivity index (χ2v) is 8.98. The average molecular weight is 312 g/mol. The van der Waals surface area contributed by atoms with Crippen LogP contribution in [0.4, 0.5) is 0 Å². The van der Waals surface area contributed by atoms with Crippen molar-refractivity contribution in [1.82, 2.24) is 5.06 Å². The molecule has 130 valence electrons. The Kier molecular flexibility index (Phi) is 5.95. The summed E-state index contributed by atoms with van der Waals surface area (Å²) in [5.74, 6) is 1.73. The van der Waals surface area contributed by atoms with Crippen LogP contribution in [0.5, 0.6) is 0 Å². The molecule has 0 aromatic carbocycles. The van der Waals surface area contributed by atoms with Crippen molar-refractivity contribution in [2.45, 2.75) is 103 Å². The van der Waals surface area contributed by atoms with Crippen molar-refractivity contribution in [3.05, 3.63) is 0 Å². The van der Waals surface area contributed by atoms with E-state index in [-0.39, 0.29) is 17.2 Å². The van der Waals surface area contributed by atoms with Gasteiger partial charge in [0, 0.05) is 17.7 Å². The minimum Gasteiger partial charge on any atom is -0.378 e. The summed E-state index contributed by atoms with van der Waals surface area (Å²) in [7, 11) is 0. The monoisotopic (exact) mass is 311 g/mol. The molecule has 0 unspecified atom stereocenters. The molecule has 3 nitrogen and oxygen atoms in total. The molecule has 0 aromatic heterocycles. The van der Waals surface area contributed by atoms with Gasteiger partial charge in [0.15, 0.2) is 0 Å². The average Bonchev–Trinajstić information content (AvgIpc) is 2.44. The smallest absolute Gasteiger partial charge is 0.0611 e. The lowest BCUT2D eigenvalue weighted by molar-refractivity contribution is -0.262. The second-order valence-electron chi connectivity index (χ2n) is 8.98. The predicted molar refractivity (Wildman–Crippen MR) is 91.1 cm³/mol. The van der Waals surface area contributed by atoms with E-state index < -0.39 is 0 Å². The summed E-state index contributed by atoms with van der Waals surface area (Å²) in [4.78, 5) is 0. The normalized spacial score (nSPS) is 33.0. The van der Waals surface area contributed by atoms with Gasteiger partial charge in [0.25, 0.3) is 0 Å². The van der Waals surface area contributed by atoms with Gasteiger partial charge in [-0.1, -0.05) is 32.6 Å². The molecule has 1 aliphatic carbocycles. The van der Waals surface area contributed by atoms with Gasteiger partial charge in [0.05, 0.1) is 6.10 Å². The molecular weight excluding hydrogens is 274 g/mol. The molecule has 0 amide bonds. The van der Waals surface area contributed by atoms with E-state index in [0.717, 1.165) is 31.3 Å². The van der Waals surface area contributed by atoms with Gasteiger partial charge in [-0.05, 0) is 65.2 Å². The SMILES string of the molecule is CCCC1CCC(COC2CC(C)(C)N(O)C(C)(C)C2)CC1. The Morgan fingerprint density at radius 2 is 1.45 bits per heavy atom. The first-order valence-electron chi connectivity index (χ1n) is 9.35. The van der Waals surface area contributed by atoms with E-state index in [1.54, 1.807) is 0 Å². The third-order valence-corrected chi connectivity index (χ3v) is 5.83. The first-order chi connectivity index (χ1) is 10.2. The van der Waals surface area contributed by atoms with Gasteiger partial charge in [-0.2, -0.15) is 5.06 Å². The Labute approximate surface area is 137 Å². The van der Waals surface area contributed by atoms with Gasteiger partial charge >= 0.3 is 0 Å². The topological polar surface area (TPSA) is 32.7 Å². The van der Waals surface area contributed by atoms with Crippen LogP contribution in [0.3, 0.4) is 0 Å². The zero-order valence-corrected chi connectivity index (χ0v) is 15.4. The molecule has 1 heterocycles. The summed E-state index contributed by atoms with van der Waals surface area (Å²) in [6, 6.07) is 0. The predicted octanol–water partition coefficient (Wildman–Crippen LogP) is 5.02. The van der Waals surface area contributed by atoms with Crippen LogP contribution in [0, 0.1) is 11.8 Å². The highest BCUT2D eigenvalue weighted by Gasteiger charge is 2.45. The number of hydrogen-bond acceptors (Lipinski definition) is 3. The number of piperidine rings is 1. The fraction of sp³-hybridized carbons (Fsp3) is 1.00. The second kappa shape index (κ2) is 7.19. The van der Waals surface area contributed by atoms with Gasteiger partial charge in [-0.25, -0.2) is 0 Å². The summed E-state index contributed by atoms with van der Waals surface area (Å²) in [5.41, 5.74) is -0.406. The summed E-state index contributed by atoms with van der Waals surface area (Å²) in [6.07, 6.45) is 10.3. The largest absolute Gasteiger partial charge is 0.378 e. The van der Waals surface area contributed by atoms with Crippen LogP contribution in [0.1, 0.15) is 86.0 Å². The molecule has 0 atom stereocenters. The van der Waals surface area contributed by atoms with Gasteiger partial charge in [0.2, 0.25) is 0 Å². The summed E-state index contributed by atoms with van der Waals surface area (Å²) < 4.78 is 6.30. The lowest BCUT2D eigenvalue weighted by Gasteiger charge is -2.51. The van der Waals surface area contributed by atoms with E-state index in [2.05, 4.69) is 34.6 Å². The fourth-order valence-corrected chi connectivity index (χ4v) is 4.66. The number of hydrogen-bond donors (Lipinski definition) is 1. The summed E-state index contributed by atoms with van der Waals surface area (Å²) in [5, 5.41) is 11.9. The van der Waals surface area contributed by atoms with Crippen molar-refractivity contribution >= 4 is 0 Å². The summed E-state index contributed by atoms with van der Waals surface area (Å²) >= 11 is 0. The highest BCUT2D eigenvalue weighted by atomic mass is 16.5. The lowest BCUT2D eigenvalue weighted by atomic mass is 9.79. The highest BCUT2D eigenvalue weighted by molar-refractivity contribution is 4.96. The molecular formula is C19H37NO2. The van der Waals surface area contributed by atoms with Crippen molar-refractivity contribution in [3.63, 3.8) is 0 Å². The van der Waals surface area contributed by atoms with Gasteiger partial charge in [-0.15, -0.1) is 0 Å². The maximum Gasteiger partial charge on any atom is 0.0611 e. The van der Waals surface area contributed by atoms with E-state index in [1.807, 2.05) is 0 Å². The maximum absolute atomic E-state index is 10.4. The van der Waals surface area contributed by atoms with Crippen LogP contribution in [0.25, 0.3) is 0 Å². The molecule has 2 rings (SSSR count). The molecule has 1 N–H and O–H groups in total. The minimum atomic E-state index is -0.203. The third-order valence-electron chi connectivity index (χ3n) is 5.83. The van der Waals surface area contributed by atoms with Crippen molar-refractivity contribution in [2.24, 2.45) is 11.8 Å². The van der Waals surface area contributed by atoms with Crippen molar-refractivity contribution in [1.29, 1.82) is 0 Å². The van der Waals surface area contributed by atoms with E-state index >= 15 is 0 Å². The fourth-order valence-electron chi connectivity index (χ4n) is 4.66. The summed E-state index contributed by atoms with van der Waals surface area (Å²) in [6.45, 7) is 11.7. The quantitative estimate of drug-likeness (QED) is 0.773. The van der Waals surface area contributed by atoms with Crippen LogP contribution in [-0.2, 0) is 4.74 Å². The van der Waals surface area contributed by atoms with E-state index in [4.69, 9.17) is 4.74 Å². The van der Waals surface area contributed by atoms with Crippen molar-refractivity contribution in [3.8, 4) is 0 Å². The van der Waals surface area contributed by atoms with Gasteiger partial charge in [0.1, 0.15) is 0 Å². The number of nitrogens with zero attached hydrogens (tertiary/aromatic N) is 1. The molecule has 0 bridgehead atoms. The van der Waals surface area contributed by atoms with Crippen LogP contribution < -0.4 is 0 Å². The van der Waals surface area contributed by atoms with E-state index in [1.165, 1.54) is 43.6 Å². The van der Waals surface area contributed by atoms with E-state index in [0.29, 0.717) is 0 Å². The third kappa shape index (κ3) is 4.46. The lowest BCUT2D eigenvalue weighted by Crippen LogP contribution is -2.60. The van der Waals surface area contributed by atoms with Crippen LogP contribution in [0.2, 0.25) is 0 Å². The molecule has 22 heavy (non-hydrogen) atoms.